The first kappa shape index (κ1) is 19.8. The molecule has 1 N–H and O–H groups in total. The van der Waals surface area contributed by atoms with Crippen molar-refractivity contribution in [3.05, 3.63) is 100 Å². The molecule has 0 radical (unpaired) electrons. The molecule has 3 aromatic carbocycles. The monoisotopic (exact) mass is 423 g/mol. The summed E-state index contributed by atoms with van der Waals surface area (Å²) in [6.45, 7) is 1.76. The van der Waals surface area contributed by atoms with Crippen molar-refractivity contribution < 1.29 is 13.9 Å². The summed E-state index contributed by atoms with van der Waals surface area (Å²) >= 11 is 0. The van der Waals surface area contributed by atoms with Crippen LogP contribution in [0.2, 0.25) is 0 Å². The summed E-state index contributed by atoms with van der Waals surface area (Å²) in [6, 6.07) is 24.8. The Labute approximate surface area is 184 Å². The van der Waals surface area contributed by atoms with Gasteiger partial charge in [0.15, 0.2) is 0 Å². The number of hydrogen-bond acceptors (Lipinski definition) is 4. The maximum absolute atomic E-state index is 12.1. The SMILES string of the molecule is CCC(=O)Oc1cc2ccc(=O)oc2cc1Cc1c(-c2ccccc2)[nH]c2ccccc12. The predicted molar refractivity (Wildman–Crippen MR) is 125 cm³/mol. The van der Waals surface area contributed by atoms with Crippen molar-refractivity contribution in [2.24, 2.45) is 0 Å². The number of para-hydroxylation sites is 1. The number of benzene rings is 3. The average Bonchev–Trinajstić information content (AvgIpc) is 3.18. The molecule has 0 atom stereocenters. The molecule has 0 spiro atoms. The quantitative estimate of drug-likeness (QED) is 0.219. The van der Waals surface area contributed by atoms with E-state index in [4.69, 9.17) is 9.15 Å². The lowest BCUT2D eigenvalue weighted by Gasteiger charge is -2.12. The molecule has 158 valence electrons. The maximum atomic E-state index is 12.1. The van der Waals surface area contributed by atoms with E-state index in [9.17, 15) is 9.59 Å². The molecule has 0 saturated heterocycles. The van der Waals surface area contributed by atoms with Crippen LogP contribution in [0.25, 0.3) is 33.1 Å². The number of aromatic nitrogens is 1. The van der Waals surface area contributed by atoms with E-state index >= 15 is 0 Å². The molecule has 0 aliphatic heterocycles. The zero-order valence-corrected chi connectivity index (χ0v) is 17.6. The number of nitrogens with one attached hydrogen (secondary N) is 1. The summed E-state index contributed by atoms with van der Waals surface area (Å²) in [5.41, 5.74) is 5.01. The van der Waals surface area contributed by atoms with E-state index in [1.165, 1.54) is 6.07 Å². The Balaban J connectivity index is 1.71. The van der Waals surface area contributed by atoms with Gasteiger partial charge < -0.3 is 14.1 Å². The molecule has 0 unspecified atom stereocenters. The van der Waals surface area contributed by atoms with Crippen molar-refractivity contribution in [3.8, 4) is 17.0 Å². The van der Waals surface area contributed by atoms with Gasteiger partial charge in [-0.05, 0) is 35.4 Å². The lowest BCUT2D eigenvalue weighted by molar-refractivity contribution is -0.134. The molecule has 5 rings (SSSR count). The first-order valence-electron chi connectivity index (χ1n) is 10.5. The van der Waals surface area contributed by atoms with Crippen LogP contribution in [0.4, 0.5) is 0 Å². The van der Waals surface area contributed by atoms with Crippen LogP contribution in [0.3, 0.4) is 0 Å². The van der Waals surface area contributed by atoms with Crippen molar-refractivity contribution in [2.45, 2.75) is 19.8 Å². The summed E-state index contributed by atoms with van der Waals surface area (Å²) < 4.78 is 11.1. The highest BCUT2D eigenvalue weighted by atomic mass is 16.5. The molecule has 2 heterocycles. The molecular formula is C27H21NO4. The summed E-state index contributed by atoms with van der Waals surface area (Å²) in [5.74, 6) is 0.160. The number of carbonyl (C=O) groups is 1. The molecular weight excluding hydrogens is 402 g/mol. The molecule has 0 amide bonds. The van der Waals surface area contributed by atoms with Crippen molar-refractivity contribution >= 4 is 27.8 Å². The van der Waals surface area contributed by atoms with Gasteiger partial charge in [0.05, 0.1) is 5.69 Å². The average molecular weight is 423 g/mol. The fourth-order valence-electron chi connectivity index (χ4n) is 3.99. The van der Waals surface area contributed by atoms with Crippen molar-refractivity contribution in [2.75, 3.05) is 0 Å². The van der Waals surface area contributed by atoms with Gasteiger partial charge in [0.1, 0.15) is 11.3 Å². The molecule has 0 saturated carbocycles. The maximum Gasteiger partial charge on any atom is 0.336 e. The van der Waals surface area contributed by atoms with Gasteiger partial charge in [-0.3, -0.25) is 4.79 Å². The number of ether oxygens (including phenoxy) is 1. The zero-order valence-electron chi connectivity index (χ0n) is 17.6. The van der Waals surface area contributed by atoms with E-state index < -0.39 is 5.63 Å². The van der Waals surface area contributed by atoms with Gasteiger partial charge in [-0.15, -0.1) is 0 Å². The number of hydrogen-bond donors (Lipinski definition) is 1. The molecule has 2 aromatic heterocycles. The van der Waals surface area contributed by atoms with E-state index in [1.54, 1.807) is 25.1 Å². The highest BCUT2D eigenvalue weighted by Gasteiger charge is 2.18. The summed E-state index contributed by atoms with van der Waals surface area (Å²) in [4.78, 5) is 27.4. The van der Waals surface area contributed by atoms with Crippen LogP contribution in [0, 0.1) is 0 Å². The Morgan fingerprint density at radius 1 is 0.969 bits per heavy atom. The smallest absolute Gasteiger partial charge is 0.336 e. The van der Waals surface area contributed by atoms with Gasteiger partial charge in [0.2, 0.25) is 0 Å². The minimum atomic E-state index is -0.418. The third kappa shape index (κ3) is 3.69. The van der Waals surface area contributed by atoms with Crippen LogP contribution in [0.15, 0.2) is 88.1 Å². The fraction of sp³-hybridized carbons (Fsp3) is 0.111. The number of esters is 1. The minimum Gasteiger partial charge on any atom is -0.426 e. The Hall–Kier alpha value is -4.12. The fourth-order valence-corrected chi connectivity index (χ4v) is 3.99. The number of H-pyrrole nitrogens is 1. The lowest BCUT2D eigenvalue weighted by Crippen LogP contribution is -2.08. The Morgan fingerprint density at radius 3 is 2.56 bits per heavy atom. The molecule has 5 nitrogen and oxygen atoms in total. The second-order valence-corrected chi connectivity index (χ2v) is 7.65. The van der Waals surface area contributed by atoms with Crippen LogP contribution in [0.5, 0.6) is 5.75 Å². The third-order valence-corrected chi connectivity index (χ3v) is 5.56. The molecule has 5 aromatic rings. The van der Waals surface area contributed by atoms with E-state index in [1.807, 2.05) is 36.4 Å². The van der Waals surface area contributed by atoms with Gasteiger partial charge in [0.25, 0.3) is 0 Å². The lowest BCUT2D eigenvalue weighted by atomic mass is 9.97. The number of aromatic amines is 1. The normalized spacial score (nSPS) is 11.2. The second kappa shape index (κ2) is 8.19. The van der Waals surface area contributed by atoms with Gasteiger partial charge in [0, 0.05) is 40.8 Å². The summed E-state index contributed by atoms with van der Waals surface area (Å²) in [5, 5.41) is 1.79. The summed E-state index contributed by atoms with van der Waals surface area (Å²) in [7, 11) is 0. The van der Waals surface area contributed by atoms with Gasteiger partial charge in [-0.25, -0.2) is 4.79 Å². The first-order valence-corrected chi connectivity index (χ1v) is 10.5. The molecule has 5 heteroatoms. The number of carbonyl (C=O) groups excluding carboxylic acids is 1. The Morgan fingerprint density at radius 2 is 1.75 bits per heavy atom. The van der Waals surface area contributed by atoms with E-state index in [0.717, 1.165) is 33.3 Å². The number of rotatable bonds is 5. The topological polar surface area (TPSA) is 72.3 Å². The standard InChI is InChI=1S/C27H21NO4/c1-2-25(29)31-24-15-18-12-13-26(30)32-23(18)16-19(24)14-21-20-10-6-7-11-22(20)28-27(21)17-8-4-3-5-9-17/h3-13,15-16,28H,2,14H2,1H3. The molecule has 0 fully saturated rings. The Bertz CT molecular complexity index is 1500. The van der Waals surface area contributed by atoms with Crippen molar-refractivity contribution in [1.29, 1.82) is 0 Å². The van der Waals surface area contributed by atoms with E-state index in [-0.39, 0.29) is 12.4 Å². The molecule has 32 heavy (non-hydrogen) atoms. The van der Waals surface area contributed by atoms with Crippen LogP contribution in [-0.2, 0) is 11.2 Å². The highest BCUT2D eigenvalue weighted by molar-refractivity contribution is 5.91. The molecule has 0 bridgehead atoms. The highest BCUT2D eigenvalue weighted by Crippen LogP contribution is 2.35. The van der Waals surface area contributed by atoms with Crippen LogP contribution in [-0.4, -0.2) is 11.0 Å². The second-order valence-electron chi connectivity index (χ2n) is 7.65. The van der Waals surface area contributed by atoms with Crippen LogP contribution < -0.4 is 10.4 Å². The van der Waals surface area contributed by atoms with Crippen LogP contribution >= 0.6 is 0 Å². The molecule has 0 aliphatic rings. The first-order chi connectivity index (χ1) is 15.6. The Kier molecular flexibility index (Phi) is 5.07. The van der Waals surface area contributed by atoms with Crippen molar-refractivity contribution in [1.82, 2.24) is 4.98 Å². The van der Waals surface area contributed by atoms with Gasteiger partial charge >= 0.3 is 11.6 Å². The predicted octanol–water partition coefficient (Wildman–Crippen LogP) is 5.85. The number of fused-ring (bicyclic) bond motifs is 2. The van der Waals surface area contributed by atoms with Gasteiger partial charge in [-0.1, -0.05) is 55.5 Å². The van der Waals surface area contributed by atoms with E-state index in [0.29, 0.717) is 23.1 Å². The van der Waals surface area contributed by atoms with Crippen LogP contribution in [0.1, 0.15) is 24.5 Å². The van der Waals surface area contributed by atoms with Crippen molar-refractivity contribution in [3.63, 3.8) is 0 Å². The van der Waals surface area contributed by atoms with E-state index in [2.05, 4.69) is 23.2 Å². The molecule has 0 aliphatic carbocycles. The third-order valence-electron chi connectivity index (χ3n) is 5.56. The summed E-state index contributed by atoms with van der Waals surface area (Å²) in [6.07, 6.45) is 0.763. The minimum absolute atomic E-state index is 0.268. The van der Waals surface area contributed by atoms with Gasteiger partial charge in [-0.2, -0.15) is 0 Å². The zero-order chi connectivity index (χ0) is 22.1. The largest absolute Gasteiger partial charge is 0.426 e.